The van der Waals surface area contributed by atoms with E-state index in [9.17, 15) is 9.18 Å². The molecule has 0 saturated carbocycles. The number of carbonyl (C=O) groups is 1. The Balaban J connectivity index is 2.23. The van der Waals surface area contributed by atoms with Gasteiger partial charge in [0.2, 0.25) is 0 Å². The van der Waals surface area contributed by atoms with Crippen molar-refractivity contribution in [2.45, 2.75) is 38.6 Å². The molecule has 1 unspecified atom stereocenters. The van der Waals surface area contributed by atoms with E-state index in [1.54, 1.807) is 23.9 Å². The van der Waals surface area contributed by atoms with E-state index in [4.69, 9.17) is 0 Å². The Morgan fingerprint density at radius 3 is 2.38 bits per heavy atom. The number of rotatable bonds is 6. The number of hydrogen-bond acceptors (Lipinski definition) is 3. The molecule has 5 nitrogen and oxygen atoms in total. The Morgan fingerprint density at radius 1 is 1.27 bits per heavy atom. The van der Waals surface area contributed by atoms with E-state index in [0.717, 1.165) is 24.2 Å². The molecule has 0 aliphatic carbocycles. The van der Waals surface area contributed by atoms with Crippen molar-refractivity contribution in [1.29, 1.82) is 0 Å². The first-order valence-corrected chi connectivity index (χ1v) is 8.83. The van der Waals surface area contributed by atoms with Crippen molar-refractivity contribution >= 4 is 5.91 Å². The van der Waals surface area contributed by atoms with Crippen molar-refractivity contribution in [3.8, 4) is 0 Å². The third-order valence-corrected chi connectivity index (χ3v) is 4.32. The summed E-state index contributed by atoms with van der Waals surface area (Å²) in [5, 5.41) is 7.55. The van der Waals surface area contributed by atoms with Gasteiger partial charge in [-0.2, -0.15) is 5.10 Å². The quantitative estimate of drug-likeness (QED) is 0.860. The molecule has 0 bridgehead atoms. The highest BCUT2D eigenvalue weighted by Gasteiger charge is 2.23. The van der Waals surface area contributed by atoms with Crippen molar-refractivity contribution in [3.05, 3.63) is 53.1 Å². The molecule has 1 aromatic heterocycles. The Hall–Kier alpha value is -2.21. The Morgan fingerprint density at radius 2 is 1.88 bits per heavy atom. The van der Waals surface area contributed by atoms with Gasteiger partial charge in [-0.25, -0.2) is 4.39 Å². The molecule has 1 amide bonds. The summed E-state index contributed by atoms with van der Waals surface area (Å²) in [6.07, 6.45) is 0.731. The number of amides is 1. The van der Waals surface area contributed by atoms with Gasteiger partial charge in [-0.1, -0.05) is 32.9 Å². The molecule has 0 aliphatic heterocycles. The normalized spacial score (nSPS) is 13.1. The summed E-state index contributed by atoms with van der Waals surface area (Å²) >= 11 is 0. The topological polar surface area (TPSA) is 50.2 Å². The van der Waals surface area contributed by atoms with E-state index in [0.29, 0.717) is 5.69 Å². The highest BCUT2D eigenvalue weighted by atomic mass is 19.1. The van der Waals surface area contributed by atoms with E-state index in [-0.39, 0.29) is 23.2 Å². The zero-order valence-electron chi connectivity index (χ0n) is 16.5. The van der Waals surface area contributed by atoms with Crippen molar-refractivity contribution in [1.82, 2.24) is 20.0 Å². The Kier molecular flexibility index (Phi) is 6.18. The fourth-order valence-corrected chi connectivity index (χ4v) is 2.68. The molecule has 1 atom stereocenters. The van der Waals surface area contributed by atoms with Crippen molar-refractivity contribution in [2.24, 2.45) is 7.05 Å². The average Bonchev–Trinajstić information content (AvgIpc) is 2.94. The van der Waals surface area contributed by atoms with Crippen LogP contribution in [0, 0.1) is 5.82 Å². The second kappa shape index (κ2) is 7.99. The van der Waals surface area contributed by atoms with Crippen LogP contribution in [0.3, 0.4) is 0 Å². The molecule has 0 aliphatic rings. The smallest absolute Gasteiger partial charge is 0.270 e. The predicted octanol–water partition coefficient (Wildman–Crippen LogP) is 3.28. The monoisotopic (exact) mass is 360 g/mol. The molecule has 0 radical (unpaired) electrons. The van der Waals surface area contributed by atoms with Crippen LogP contribution in [0.2, 0.25) is 0 Å². The average molecular weight is 360 g/mol. The van der Waals surface area contributed by atoms with Gasteiger partial charge >= 0.3 is 0 Å². The number of nitrogens with one attached hydrogen (secondary N) is 1. The number of halogens is 1. The van der Waals surface area contributed by atoms with Crippen molar-refractivity contribution in [2.75, 3.05) is 20.6 Å². The number of aryl methyl sites for hydroxylation is 1. The lowest BCUT2D eigenvalue weighted by Gasteiger charge is -2.21. The predicted molar refractivity (Wildman–Crippen MR) is 102 cm³/mol. The van der Waals surface area contributed by atoms with Gasteiger partial charge in [0.15, 0.2) is 0 Å². The van der Waals surface area contributed by atoms with Gasteiger partial charge in [0.1, 0.15) is 11.5 Å². The first-order valence-electron chi connectivity index (χ1n) is 8.83. The lowest BCUT2D eigenvalue weighted by Crippen LogP contribution is -2.32. The molecule has 0 fully saturated rings. The maximum atomic E-state index is 13.3. The molecule has 6 heteroatoms. The summed E-state index contributed by atoms with van der Waals surface area (Å²) < 4.78 is 14.9. The molecule has 142 valence electrons. The lowest BCUT2D eigenvalue weighted by atomic mass is 9.92. The fraction of sp³-hybridized carbons (Fsp3) is 0.500. The van der Waals surface area contributed by atoms with Gasteiger partial charge in [-0.3, -0.25) is 9.48 Å². The van der Waals surface area contributed by atoms with E-state index in [1.807, 2.05) is 20.2 Å². The standard InChI is InChI=1S/C20H29FN4O/c1-20(2,3)18-13-17(25(6)23-18)19(26)22-16(11-12-24(4)5)14-7-9-15(21)10-8-14/h7-10,13,16H,11-12H2,1-6H3,(H,22,26). The summed E-state index contributed by atoms with van der Waals surface area (Å²) in [4.78, 5) is 14.9. The zero-order chi connectivity index (χ0) is 19.5. The first kappa shape index (κ1) is 20.1. The van der Waals surface area contributed by atoms with Crippen LogP contribution in [0.1, 0.15) is 55.0 Å². The third kappa shape index (κ3) is 5.14. The van der Waals surface area contributed by atoms with E-state index in [2.05, 4.69) is 36.1 Å². The summed E-state index contributed by atoms with van der Waals surface area (Å²) in [5.74, 6) is -0.462. The molecule has 1 N–H and O–H groups in total. The minimum absolute atomic E-state index is 0.127. The van der Waals surface area contributed by atoms with Gasteiger partial charge in [0, 0.05) is 12.5 Å². The van der Waals surface area contributed by atoms with Gasteiger partial charge in [-0.05, 0) is 50.8 Å². The molecule has 2 aromatic rings. The van der Waals surface area contributed by atoms with Gasteiger partial charge in [0.05, 0.1) is 11.7 Å². The van der Waals surface area contributed by atoms with Gasteiger partial charge < -0.3 is 10.2 Å². The highest BCUT2D eigenvalue weighted by molar-refractivity contribution is 5.93. The van der Waals surface area contributed by atoms with Crippen LogP contribution in [0.4, 0.5) is 4.39 Å². The minimum Gasteiger partial charge on any atom is -0.344 e. The Bertz CT molecular complexity index is 744. The second-order valence-electron chi connectivity index (χ2n) is 7.96. The molecule has 2 rings (SSSR count). The molecular weight excluding hydrogens is 331 g/mol. The molecule has 0 saturated heterocycles. The summed E-state index contributed by atoms with van der Waals surface area (Å²) in [6, 6.07) is 7.93. The van der Waals surface area contributed by atoms with E-state index in [1.165, 1.54) is 12.1 Å². The van der Waals surface area contributed by atoms with Crippen molar-refractivity contribution < 1.29 is 9.18 Å². The Labute approximate surface area is 155 Å². The number of carbonyl (C=O) groups excluding carboxylic acids is 1. The minimum atomic E-state index is -0.284. The highest BCUT2D eigenvalue weighted by Crippen LogP contribution is 2.23. The van der Waals surface area contributed by atoms with Gasteiger partial charge in [0.25, 0.3) is 5.91 Å². The second-order valence-corrected chi connectivity index (χ2v) is 7.96. The van der Waals surface area contributed by atoms with Crippen LogP contribution in [0.15, 0.2) is 30.3 Å². The first-order chi connectivity index (χ1) is 12.1. The zero-order valence-corrected chi connectivity index (χ0v) is 16.5. The van der Waals surface area contributed by atoms with Crippen LogP contribution in [0.25, 0.3) is 0 Å². The molecule has 0 spiro atoms. The lowest BCUT2D eigenvalue weighted by molar-refractivity contribution is 0.0923. The maximum Gasteiger partial charge on any atom is 0.270 e. The number of hydrogen-bond donors (Lipinski definition) is 1. The SMILES string of the molecule is CN(C)CCC(NC(=O)c1cc(C(C)(C)C)nn1C)c1ccc(F)cc1. The number of aromatic nitrogens is 2. The van der Waals surface area contributed by atoms with Crippen LogP contribution in [0.5, 0.6) is 0 Å². The number of nitrogens with zero attached hydrogens (tertiary/aromatic N) is 3. The third-order valence-electron chi connectivity index (χ3n) is 4.32. The van der Waals surface area contributed by atoms with Crippen LogP contribution < -0.4 is 5.32 Å². The fourth-order valence-electron chi connectivity index (χ4n) is 2.68. The molecule has 1 aromatic carbocycles. The largest absolute Gasteiger partial charge is 0.344 e. The van der Waals surface area contributed by atoms with Crippen LogP contribution in [-0.2, 0) is 12.5 Å². The molecular formula is C20H29FN4O. The maximum absolute atomic E-state index is 13.3. The van der Waals surface area contributed by atoms with Crippen LogP contribution in [-0.4, -0.2) is 41.2 Å². The van der Waals surface area contributed by atoms with E-state index < -0.39 is 0 Å². The number of benzene rings is 1. The van der Waals surface area contributed by atoms with Gasteiger partial charge in [-0.15, -0.1) is 0 Å². The molecule has 1 heterocycles. The summed E-state index contributed by atoms with van der Waals surface area (Å²) in [6.45, 7) is 7.00. The molecule has 26 heavy (non-hydrogen) atoms. The van der Waals surface area contributed by atoms with E-state index >= 15 is 0 Å². The van der Waals surface area contributed by atoms with Crippen LogP contribution >= 0.6 is 0 Å². The summed E-state index contributed by atoms with van der Waals surface area (Å²) in [5.41, 5.74) is 2.15. The van der Waals surface area contributed by atoms with Crippen molar-refractivity contribution in [3.63, 3.8) is 0 Å². The summed E-state index contributed by atoms with van der Waals surface area (Å²) in [7, 11) is 5.75.